The van der Waals surface area contributed by atoms with Crippen LogP contribution in [0.15, 0.2) is 47.3 Å². The molecule has 0 radical (unpaired) electrons. The summed E-state index contributed by atoms with van der Waals surface area (Å²) >= 11 is 1.24. The van der Waals surface area contributed by atoms with Crippen molar-refractivity contribution < 1.29 is 18.7 Å². The quantitative estimate of drug-likeness (QED) is 0.335. The van der Waals surface area contributed by atoms with Gasteiger partial charge in [0.2, 0.25) is 6.41 Å². The summed E-state index contributed by atoms with van der Waals surface area (Å²) in [7, 11) is 0. The summed E-state index contributed by atoms with van der Waals surface area (Å²) in [4.78, 5) is 50.5. The average molecular weight is 536 g/mol. The lowest BCUT2D eigenvalue weighted by molar-refractivity contribution is -0.116. The Morgan fingerprint density at radius 3 is 2.63 bits per heavy atom. The lowest BCUT2D eigenvalue weighted by Gasteiger charge is -2.25. The molecule has 38 heavy (non-hydrogen) atoms. The molecule has 0 saturated carbocycles. The molecule has 5 rings (SSSR count). The van der Waals surface area contributed by atoms with Gasteiger partial charge < -0.3 is 14.2 Å². The number of hydrogen-bond donors (Lipinski definition) is 0. The van der Waals surface area contributed by atoms with Crippen LogP contribution in [0.3, 0.4) is 0 Å². The molecule has 1 aliphatic heterocycles. The van der Waals surface area contributed by atoms with Crippen LogP contribution in [0.25, 0.3) is 10.3 Å². The zero-order valence-corrected chi connectivity index (χ0v) is 21.8. The Morgan fingerprint density at radius 1 is 1.13 bits per heavy atom. The van der Waals surface area contributed by atoms with Crippen molar-refractivity contribution in [2.75, 3.05) is 31.2 Å². The Kier molecular flexibility index (Phi) is 7.30. The Morgan fingerprint density at radius 2 is 1.89 bits per heavy atom. The first kappa shape index (κ1) is 25.7. The number of morpholine rings is 1. The predicted octanol–water partition coefficient (Wildman–Crippen LogP) is 3.29. The van der Waals surface area contributed by atoms with Crippen molar-refractivity contribution >= 4 is 39.1 Å². The SMILES string of the molecule is Cc1ccccc1C(=O)N(C=O)Cc1nc(=O)c2sc(N3CCOCC3)nc2n1Cc1cccc(F)c1C. The molecule has 9 nitrogen and oxygen atoms in total. The summed E-state index contributed by atoms with van der Waals surface area (Å²) < 4.78 is 21.9. The molecule has 3 heterocycles. The van der Waals surface area contributed by atoms with Crippen LogP contribution in [0, 0.1) is 19.7 Å². The van der Waals surface area contributed by atoms with E-state index in [4.69, 9.17) is 9.72 Å². The second-order valence-corrected chi connectivity index (χ2v) is 10.0. The van der Waals surface area contributed by atoms with E-state index in [1.807, 2.05) is 4.90 Å². The van der Waals surface area contributed by atoms with Crippen molar-refractivity contribution in [3.05, 3.63) is 86.7 Å². The van der Waals surface area contributed by atoms with E-state index in [1.165, 1.54) is 17.4 Å². The number of nitrogens with zero attached hydrogens (tertiary/aromatic N) is 5. The highest BCUT2D eigenvalue weighted by atomic mass is 32.1. The summed E-state index contributed by atoms with van der Waals surface area (Å²) in [6.07, 6.45) is 0.434. The summed E-state index contributed by atoms with van der Waals surface area (Å²) in [5, 5.41) is 0.660. The standard InChI is InChI=1S/C27H26FN5O4S/c1-17-6-3-4-8-20(17)26(36)32(16-34)15-22-29-25(35)23-24(30-27(38-23)31-10-12-37-13-11-31)33(22)14-19-7-5-9-21(28)18(19)2/h3-9,16H,10-15H2,1-2H3. The van der Waals surface area contributed by atoms with Crippen LogP contribution in [-0.2, 0) is 22.6 Å². The van der Waals surface area contributed by atoms with Crippen LogP contribution >= 0.6 is 11.3 Å². The fourth-order valence-corrected chi connectivity index (χ4v) is 5.43. The number of thiazole rings is 1. The molecule has 4 aromatic rings. The van der Waals surface area contributed by atoms with Crippen LogP contribution in [0.2, 0.25) is 0 Å². The van der Waals surface area contributed by atoms with Crippen LogP contribution < -0.4 is 10.5 Å². The maximum Gasteiger partial charge on any atom is 0.292 e. The van der Waals surface area contributed by atoms with Crippen molar-refractivity contribution in [2.24, 2.45) is 0 Å². The van der Waals surface area contributed by atoms with E-state index in [0.29, 0.717) is 64.9 Å². The van der Waals surface area contributed by atoms with Crippen LogP contribution in [0.5, 0.6) is 0 Å². The van der Waals surface area contributed by atoms with E-state index in [1.54, 1.807) is 54.8 Å². The molecule has 0 unspecified atom stereocenters. The number of benzene rings is 2. The number of imide groups is 1. The minimum absolute atomic E-state index is 0.153. The minimum Gasteiger partial charge on any atom is -0.378 e. The Hall–Kier alpha value is -3.96. The van der Waals surface area contributed by atoms with E-state index in [9.17, 15) is 18.8 Å². The maximum absolute atomic E-state index is 14.4. The second-order valence-electron chi connectivity index (χ2n) is 9.05. The molecule has 0 bridgehead atoms. The highest BCUT2D eigenvalue weighted by molar-refractivity contribution is 7.22. The number of halogens is 1. The molecule has 2 amide bonds. The van der Waals surface area contributed by atoms with Gasteiger partial charge >= 0.3 is 0 Å². The third-order valence-corrected chi connectivity index (χ3v) is 7.75. The number of anilines is 1. The molecule has 2 aromatic heterocycles. The number of aryl methyl sites for hydroxylation is 1. The molecule has 196 valence electrons. The zero-order chi connectivity index (χ0) is 26.8. The third kappa shape index (κ3) is 4.94. The lowest BCUT2D eigenvalue weighted by atomic mass is 10.1. The zero-order valence-electron chi connectivity index (χ0n) is 21.0. The molecule has 1 fully saturated rings. The number of rotatable bonds is 7. The van der Waals surface area contributed by atoms with Gasteiger partial charge in [0.25, 0.3) is 11.5 Å². The minimum atomic E-state index is -0.506. The van der Waals surface area contributed by atoms with Crippen molar-refractivity contribution in [1.29, 1.82) is 0 Å². The molecule has 11 heteroatoms. The van der Waals surface area contributed by atoms with Gasteiger partial charge in [0, 0.05) is 18.7 Å². The van der Waals surface area contributed by atoms with Crippen molar-refractivity contribution in [1.82, 2.24) is 19.4 Å². The van der Waals surface area contributed by atoms with Gasteiger partial charge in [0.1, 0.15) is 16.3 Å². The fraction of sp³-hybridized carbons (Fsp3) is 0.296. The smallest absolute Gasteiger partial charge is 0.292 e. The largest absolute Gasteiger partial charge is 0.378 e. The molecule has 1 aliphatic rings. The topological polar surface area (TPSA) is 97.6 Å². The molecule has 0 spiro atoms. The number of carbonyl (C=O) groups is 2. The van der Waals surface area contributed by atoms with Gasteiger partial charge in [-0.25, -0.2) is 9.37 Å². The molecule has 0 N–H and O–H groups in total. The molecular formula is C27H26FN5O4S. The number of fused-ring (bicyclic) bond motifs is 1. The maximum atomic E-state index is 14.4. The molecule has 0 atom stereocenters. The Bertz CT molecular complexity index is 1580. The predicted molar refractivity (Wildman–Crippen MR) is 142 cm³/mol. The summed E-state index contributed by atoms with van der Waals surface area (Å²) in [6, 6.07) is 11.7. The lowest BCUT2D eigenvalue weighted by Crippen LogP contribution is -2.36. The van der Waals surface area contributed by atoms with E-state index < -0.39 is 11.5 Å². The van der Waals surface area contributed by atoms with Crippen molar-refractivity contribution in [2.45, 2.75) is 26.9 Å². The van der Waals surface area contributed by atoms with Gasteiger partial charge in [-0.2, -0.15) is 4.98 Å². The van der Waals surface area contributed by atoms with E-state index >= 15 is 0 Å². The fourth-order valence-electron chi connectivity index (χ4n) is 4.42. The number of carbonyl (C=O) groups excluding carboxylic acids is 2. The van der Waals surface area contributed by atoms with Crippen molar-refractivity contribution in [3.8, 4) is 0 Å². The van der Waals surface area contributed by atoms with Gasteiger partial charge in [0.15, 0.2) is 10.8 Å². The van der Waals surface area contributed by atoms with Crippen LogP contribution in [0.1, 0.15) is 32.9 Å². The highest BCUT2D eigenvalue weighted by Gasteiger charge is 2.24. The van der Waals surface area contributed by atoms with Crippen LogP contribution in [-0.4, -0.2) is 58.1 Å². The van der Waals surface area contributed by atoms with Gasteiger partial charge in [-0.1, -0.05) is 41.7 Å². The molecule has 1 saturated heterocycles. The van der Waals surface area contributed by atoms with Crippen molar-refractivity contribution in [3.63, 3.8) is 0 Å². The summed E-state index contributed by atoms with van der Waals surface area (Å²) in [5.41, 5.74) is 2.10. The van der Waals surface area contributed by atoms with E-state index in [-0.39, 0.29) is 24.7 Å². The van der Waals surface area contributed by atoms with Gasteiger partial charge in [-0.05, 0) is 42.7 Å². The highest BCUT2D eigenvalue weighted by Crippen LogP contribution is 2.29. The van der Waals surface area contributed by atoms with E-state index in [2.05, 4.69) is 4.98 Å². The Labute approximate surface area is 222 Å². The van der Waals surface area contributed by atoms with Gasteiger partial charge in [-0.3, -0.25) is 19.3 Å². The second kappa shape index (κ2) is 10.8. The number of ether oxygens (including phenoxy) is 1. The van der Waals surface area contributed by atoms with Gasteiger partial charge in [-0.15, -0.1) is 0 Å². The first-order valence-corrected chi connectivity index (χ1v) is 13.0. The molecule has 2 aromatic carbocycles. The normalized spacial score (nSPS) is 13.6. The van der Waals surface area contributed by atoms with Gasteiger partial charge in [0.05, 0.1) is 26.3 Å². The Balaban J connectivity index is 1.62. The number of amides is 2. The summed E-state index contributed by atoms with van der Waals surface area (Å²) in [6.45, 7) is 5.76. The number of hydrogen-bond acceptors (Lipinski definition) is 8. The van der Waals surface area contributed by atoms with E-state index in [0.717, 1.165) is 10.5 Å². The number of aromatic nitrogens is 3. The average Bonchev–Trinajstić information content (AvgIpc) is 3.38. The first-order valence-electron chi connectivity index (χ1n) is 12.2. The third-order valence-electron chi connectivity index (χ3n) is 6.66. The molecular weight excluding hydrogens is 509 g/mol. The summed E-state index contributed by atoms with van der Waals surface area (Å²) in [5.74, 6) is -0.682. The molecule has 0 aliphatic carbocycles. The van der Waals surface area contributed by atoms with Crippen LogP contribution in [0.4, 0.5) is 9.52 Å². The monoisotopic (exact) mass is 535 g/mol. The first-order chi connectivity index (χ1) is 18.4.